The van der Waals surface area contributed by atoms with E-state index in [9.17, 15) is 4.79 Å². The van der Waals surface area contributed by atoms with E-state index in [-0.39, 0.29) is 5.91 Å². The Labute approximate surface area is 121 Å². The Morgan fingerprint density at radius 2 is 2.11 bits per heavy atom. The van der Waals surface area contributed by atoms with E-state index >= 15 is 0 Å². The summed E-state index contributed by atoms with van der Waals surface area (Å²) in [6.45, 7) is 0. The molecule has 0 bridgehead atoms. The van der Waals surface area contributed by atoms with Gasteiger partial charge in [0.1, 0.15) is 12.0 Å². The van der Waals surface area contributed by atoms with E-state index in [4.69, 9.17) is 9.15 Å². The largest absolute Gasteiger partial charge is 0.495 e. The summed E-state index contributed by atoms with van der Waals surface area (Å²) in [5.74, 6) is 0.329. The molecule has 2 aromatic rings. The quantitative estimate of drug-likeness (QED) is 0.881. The monoisotopic (exact) mass is 373 g/mol. The molecular weight excluding hydrogens is 366 g/mol. The number of benzene rings is 1. The van der Waals surface area contributed by atoms with Crippen molar-refractivity contribution in [1.29, 1.82) is 0 Å². The predicted molar refractivity (Wildman–Crippen MR) is 75.1 cm³/mol. The molecule has 0 fully saturated rings. The molecule has 1 aromatic heterocycles. The zero-order valence-corrected chi connectivity index (χ0v) is 12.5. The van der Waals surface area contributed by atoms with Crippen LogP contribution in [0.15, 0.2) is 44.1 Å². The van der Waals surface area contributed by atoms with E-state index in [1.807, 2.05) is 6.07 Å². The van der Waals surface area contributed by atoms with Gasteiger partial charge in [-0.05, 0) is 34.1 Å². The molecule has 1 heterocycles. The van der Waals surface area contributed by atoms with Gasteiger partial charge in [-0.15, -0.1) is 0 Å². The number of furan rings is 1. The molecule has 1 N–H and O–H groups in total. The van der Waals surface area contributed by atoms with Crippen LogP contribution in [0.25, 0.3) is 0 Å². The molecule has 0 aliphatic rings. The van der Waals surface area contributed by atoms with Crippen molar-refractivity contribution < 1.29 is 13.9 Å². The van der Waals surface area contributed by atoms with Crippen molar-refractivity contribution in [2.24, 2.45) is 0 Å². The van der Waals surface area contributed by atoms with Gasteiger partial charge < -0.3 is 14.5 Å². The average Bonchev–Trinajstić information content (AvgIpc) is 2.76. The number of anilines is 1. The molecular formula is C12H9Br2NO3. The van der Waals surface area contributed by atoms with Crippen LogP contribution in [0, 0.1) is 0 Å². The SMILES string of the molecule is COc1ccc(Br)cc1NC(=O)c1coc(Br)c1. The number of amides is 1. The van der Waals surface area contributed by atoms with Crippen LogP contribution in [0.4, 0.5) is 5.69 Å². The van der Waals surface area contributed by atoms with Crippen LogP contribution in [-0.2, 0) is 0 Å². The first kappa shape index (κ1) is 13.2. The van der Waals surface area contributed by atoms with E-state index in [1.165, 1.54) is 6.26 Å². The zero-order chi connectivity index (χ0) is 13.1. The Morgan fingerprint density at radius 1 is 1.33 bits per heavy atom. The number of carbonyl (C=O) groups excluding carboxylic acids is 1. The molecule has 0 saturated heterocycles. The number of rotatable bonds is 3. The van der Waals surface area contributed by atoms with Crippen molar-refractivity contribution in [2.75, 3.05) is 12.4 Å². The predicted octanol–water partition coefficient (Wildman–Crippen LogP) is 4.07. The number of hydrogen-bond acceptors (Lipinski definition) is 3. The Bertz CT molecular complexity index is 580. The molecule has 18 heavy (non-hydrogen) atoms. The highest BCUT2D eigenvalue weighted by atomic mass is 79.9. The Balaban J connectivity index is 2.23. The van der Waals surface area contributed by atoms with E-state index in [0.717, 1.165) is 4.47 Å². The number of ether oxygens (including phenoxy) is 1. The Hall–Kier alpha value is -1.27. The van der Waals surface area contributed by atoms with Gasteiger partial charge in [-0.1, -0.05) is 15.9 Å². The summed E-state index contributed by atoms with van der Waals surface area (Å²) in [5, 5.41) is 2.76. The summed E-state index contributed by atoms with van der Waals surface area (Å²) in [4.78, 5) is 11.9. The lowest BCUT2D eigenvalue weighted by molar-refractivity contribution is 0.102. The second kappa shape index (κ2) is 5.58. The van der Waals surface area contributed by atoms with Crippen molar-refractivity contribution in [1.82, 2.24) is 0 Å². The van der Waals surface area contributed by atoms with Crippen molar-refractivity contribution in [3.05, 3.63) is 45.2 Å². The minimum Gasteiger partial charge on any atom is -0.495 e. The van der Waals surface area contributed by atoms with Crippen molar-refractivity contribution >= 4 is 43.5 Å². The fourth-order valence-electron chi connectivity index (χ4n) is 1.40. The highest BCUT2D eigenvalue weighted by molar-refractivity contribution is 9.10. The molecule has 0 aliphatic carbocycles. The lowest BCUT2D eigenvalue weighted by atomic mass is 10.2. The number of methoxy groups -OCH3 is 1. The summed E-state index contributed by atoms with van der Waals surface area (Å²) < 4.78 is 11.6. The highest BCUT2D eigenvalue weighted by Crippen LogP contribution is 2.28. The maximum absolute atomic E-state index is 11.9. The molecule has 0 atom stereocenters. The Morgan fingerprint density at radius 3 is 2.72 bits per heavy atom. The van der Waals surface area contributed by atoms with Gasteiger partial charge >= 0.3 is 0 Å². The molecule has 0 unspecified atom stereocenters. The van der Waals surface area contributed by atoms with Gasteiger partial charge in [0, 0.05) is 10.5 Å². The van der Waals surface area contributed by atoms with Crippen molar-refractivity contribution in [3.8, 4) is 5.75 Å². The van der Waals surface area contributed by atoms with E-state index in [2.05, 4.69) is 37.2 Å². The smallest absolute Gasteiger partial charge is 0.259 e. The normalized spacial score (nSPS) is 10.2. The number of hydrogen-bond donors (Lipinski definition) is 1. The lowest BCUT2D eigenvalue weighted by Crippen LogP contribution is -2.11. The maximum atomic E-state index is 11.9. The summed E-state index contributed by atoms with van der Waals surface area (Å²) >= 11 is 6.49. The third-order valence-corrected chi connectivity index (χ3v) is 3.15. The van der Waals surface area contributed by atoms with Crippen molar-refractivity contribution in [3.63, 3.8) is 0 Å². The first-order chi connectivity index (χ1) is 8.60. The van der Waals surface area contributed by atoms with Crippen LogP contribution in [0.1, 0.15) is 10.4 Å². The van der Waals surface area contributed by atoms with Crippen LogP contribution in [0.2, 0.25) is 0 Å². The first-order valence-corrected chi connectivity index (χ1v) is 6.57. The number of halogens is 2. The number of nitrogens with one attached hydrogen (secondary N) is 1. The van der Waals surface area contributed by atoms with Crippen molar-refractivity contribution in [2.45, 2.75) is 0 Å². The van der Waals surface area contributed by atoms with Crippen LogP contribution in [0.5, 0.6) is 5.75 Å². The molecule has 2 rings (SSSR count). The fourth-order valence-corrected chi connectivity index (χ4v) is 2.10. The van der Waals surface area contributed by atoms with Crippen LogP contribution in [-0.4, -0.2) is 13.0 Å². The minimum atomic E-state index is -0.263. The van der Waals surface area contributed by atoms with Gasteiger partial charge in [0.25, 0.3) is 5.91 Å². The molecule has 0 radical (unpaired) electrons. The summed E-state index contributed by atoms with van der Waals surface area (Å²) in [6.07, 6.45) is 1.38. The van der Waals surface area contributed by atoms with Gasteiger partial charge in [0.2, 0.25) is 0 Å². The second-order valence-electron chi connectivity index (χ2n) is 3.44. The molecule has 94 valence electrons. The summed E-state index contributed by atoms with van der Waals surface area (Å²) in [5.41, 5.74) is 1.03. The Kier molecular flexibility index (Phi) is 4.08. The molecule has 0 saturated carbocycles. The van der Waals surface area contributed by atoms with Gasteiger partial charge in [0.05, 0.1) is 18.4 Å². The third kappa shape index (κ3) is 2.94. The van der Waals surface area contributed by atoms with E-state index in [0.29, 0.717) is 21.7 Å². The molecule has 1 aromatic carbocycles. The van der Waals surface area contributed by atoms with Gasteiger partial charge in [0.15, 0.2) is 4.67 Å². The molecule has 6 heteroatoms. The third-order valence-electron chi connectivity index (χ3n) is 2.24. The molecule has 0 spiro atoms. The standard InChI is InChI=1S/C12H9Br2NO3/c1-17-10-3-2-8(13)5-9(10)15-12(16)7-4-11(14)18-6-7/h2-6H,1H3,(H,15,16). The van der Waals surface area contributed by atoms with Crippen LogP contribution in [0.3, 0.4) is 0 Å². The topological polar surface area (TPSA) is 51.5 Å². The van der Waals surface area contributed by atoms with Gasteiger partial charge in [-0.2, -0.15) is 0 Å². The first-order valence-electron chi connectivity index (χ1n) is 4.99. The second-order valence-corrected chi connectivity index (χ2v) is 5.14. The average molecular weight is 375 g/mol. The summed E-state index contributed by atoms with van der Waals surface area (Å²) in [7, 11) is 1.55. The highest BCUT2D eigenvalue weighted by Gasteiger charge is 2.12. The zero-order valence-electron chi connectivity index (χ0n) is 9.37. The van der Waals surface area contributed by atoms with Crippen LogP contribution >= 0.6 is 31.9 Å². The molecule has 4 nitrogen and oxygen atoms in total. The summed E-state index contributed by atoms with van der Waals surface area (Å²) in [6, 6.07) is 6.97. The molecule has 1 amide bonds. The van der Waals surface area contributed by atoms with Crippen LogP contribution < -0.4 is 10.1 Å². The minimum absolute atomic E-state index is 0.263. The molecule has 0 aliphatic heterocycles. The lowest BCUT2D eigenvalue weighted by Gasteiger charge is -2.09. The maximum Gasteiger partial charge on any atom is 0.259 e. The van der Waals surface area contributed by atoms with E-state index in [1.54, 1.807) is 25.3 Å². The number of carbonyl (C=O) groups is 1. The fraction of sp³-hybridized carbons (Fsp3) is 0.0833. The van der Waals surface area contributed by atoms with Gasteiger partial charge in [-0.3, -0.25) is 4.79 Å². The van der Waals surface area contributed by atoms with Gasteiger partial charge in [-0.25, -0.2) is 0 Å². The van der Waals surface area contributed by atoms with E-state index < -0.39 is 0 Å².